The van der Waals surface area contributed by atoms with E-state index in [9.17, 15) is 4.79 Å². The van der Waals surface area contributed by atoms with Crippen LogP contribution in [0.2, 0.25) is 0 Å². The minimum atomic E-state index is -0.387. The maximum absolute atomic E-state index is 12.6. The van der Waals surface area contributed by atoms with Crippen LogP contribution in [-0.2, 0) is 4.79 Å². The molecule has 0 bridgehead atoms. The molecule has 6 heteroatoms. The fraction of sp³-hybridized carbons (Fsp3) is 0.526. The molecule has 6 nitrogen and oxygen atoms in total. The van der Waals surface area contributed by atoms with Gasteiger partial charge in [0, 0.05) is 45.3 Å². The van der Waals surface area contributed by atoms with Gasteiger partial charge in [-0.15, -0.1) is 12.3 Å². The predicted molar refractivity (Wildman–Crippen MR) is 95.2 cm³/mol. The maximum Gasteiger partial charge on any atom is 0.222 e. The molecule has 25 heavy (non-hydrogen) atoms. The van der Waals surface area contributed by atoms with Gasteiger partial charge in [-0.05, 0) is 17.7 Å². The molecule has 2 heterocycles. The Bertz CT molecular complexity index is 689. The smallest absolute Gasteiger partial charge is 0.222 e. The van der Waals surface area contributed by atoms with Crippen LogP contribution in [0.15, 0.2) is 34.5 Å². The monoisotopic (exact) mass is 340 g/mol. The summed E-state index contributed by atoms with van der Waals surface area (Å²) in [5.74, 6) is 3.60. The number of hydrogen-bond donors (Lipinski definition) is 1. The average molecular weight is 340 g/mol. The average Bonchev–Trinajstić information content (AvgIpc) is 3.45. The van der Waals surface area contributed by atoms with Crippen LogP contribution in [-0.4, -0.2) is 43.2 Å². The molecule has 1 saturated heterocycles. The fourth-order valence-corrected chi connectivity index (χ4v) is 3.19. The van der Waals surface area contributed by atoms with E-state index >= 15 is 0 Å². The minimum absolute atomic E-state index is 0.124. The van der Waals surface area contributed by atoms with E-state index in [1.165, 1.54) is 0 Å². The van der Waals surface area contributed by atoms with Crippen LogP contribution in [0.1, 0.15) is 37.3 Å². The van der Waals surface area contributed by atoms with Crippen molar-refractivity contribution in [1.29, 1.82) is 0 Å². The largest absolute Gasteiger partial charge is 0.497 e. The van der Waals surface area contributed by atoms with Crippen molar-refractivity contribution in [2.24, 2.45) is 10.2 Å². The van der Waals surface area contributed by atoms with E-state index in [1.807, 2.05) is 23.1 Å². The molecule has 1 aromatic rings. The van der Waals surface area contributed by atoms with Crippen LogP contribution >= 0.6 is 0 Å². The third-order valence-corrected chi connectivity index (χ3v) is 4.82. The van der Waals surface area contributed by atoms with Crippen LogP contribution in [0.25, 0.3) is 0 Å². The Morgan fingerprint density at radius 1 is 1.48 bits per heavy atom. The lowest BCUT2D eigenvalue weighted by Gasteiger charge is -2.34. The molecule has 2 aliphatic rings. The first-order chi connectivity index (χ1) is 12.2. The number of rotatable bonds is 7. The number of hydrogen-bond acceptors (Lipinski definition) is 5. The van der Waals surface area contributed by atoms with Gasteiger partial charge in [0.1, 0.15) is 5.75 Å². The zero-order chi connectivity index (χ0) is 17.7. The summed E-state index contributed by atoms with van der Waals surface area (Å²) in [5, 5.41) is 11.7. The molecule has 2 aliphatic heterocycles. The number of ether oxygens (including phenoxy) is 1. The lowest BCUT2D eigenvalue weighted by atomic mass is 10.0. The minimum Gasteiger partial charge on any atom is -0.497 e. The van der Waals surface area contributed by atoms with Gasteiger partial charge < -0.3 is 15.0 Å². The highest BCUT2D eigenvalue weighted by molar-refractivity contribution is 5.76. The first-order valence-corrected chi connectivity index (χ1v) is 8.68. The summed E-state index contributed by atoms with van der Waals surface area (Å²) in [6, 6.07) is 8.10. The van der Waals surface area contributed by atoms with Crippen LogP contribution < -0.4 is 10.1 Å². The molecule has 0 aliphatic carbocycles. The van der Waals surface area contributed by atoms with Gasteiger partial charge in [0.05, 0.1) is 13.2 Å². The van der Waals surface area contributed by atoms with Crippen LogP contribution in [0.5, 0.6) is 5.75 Å². The molecular formula is C19H24N4O2. The summed E-state index contributed by atoms with van der Waals surface area (Å²) in [6.45, 7) is 2.17. The second-order valence-corrected chi connectivity index (χ2v) is 6.51. The Morgan fingerprint density at radius 2 is 2.32 bits per heavy atom. The summed E-state index contributed by atoms with van der Waals surface area (Å²) in [4.78, 5) is 14.5. The Balaban J connectivity index is 1.54. The molecule has 0 radical (unpaired) electrons. The van der Waals surface area contributed by atoms with Crippen molar-refractivity contribution < 1.29 is 9.53 Å². The van der Waals surface area contributed by atoms with Crippen molar-refractivity contribution in [2.75, 3.05) is 26.7 Å². The van der Waals surface area contributed by atoms with E-state index in [2.05, 4.69) is 27.5 Å². The van der Waals surface area contributed by atoms with E-state index in [0.29, 0.717) is 25.8 Å². The topological polar surface area (TPSA) is 66.3 Å². The molecule has 1 aromatic carbocycles. The number of nitrogens with one attached hydrogen (secondary N) is 1. The van der Waals surface area contributed by atoms with Gasteiger partial charge in [-0.1, -0.05) is 12.1 Å². The van der Waals surface area contributed by atoms with Crippen LogP contribution in [0, 0.1) is 12.3 Å². The molecule has 132 valence electrons. The maximum atomic E-state index is 12.6. The molecule has 1 atom stereocenters. The number of piperazine rings is 1. The van der Waals surface area contributed by atoms with Crippen molar-refractivity contribution in [3.05, 3.63) is 29.8 Å². The Hall–Kier alpha value is -2.39. The van der Waals surface area contributed by atoms with Crippen molar-refractivity contribution >= 4 is 5.91 Å². The van der Waals surface area contributed by atoms with Crippen molar-refractivity contribution in [1.82, 2.24) is 10.2 Å². The second-order valence-electron chi connectivity index (χ2n) is 6.51. The van der Waals surface area contributed by atoms with Gasteiger partial charge in [-0.25, -0.2) is 0 Å². The lowest BCUT2D eigenvalue weighted by molar-refractivity contribution is -0.132. The quantitative estimate of drug-likeness (QED) is 0.776. The van der Waals surface area contributed by atoms with E-state index in [0.717, 1.165) is 30.8 Å². The highest BCUT2D eigenvalue weighted by Crippen LogP contribution is 2.37. The highest BCUT2D eigenvalue weighted by Gasteiger charge is 2.39. The highest BCUT2D eigenvalue weighted by atomic mass is 16.5. The molecule has 0 saturated carbocycles. The van der Waals surface area contributed by atoms with Gasteiger partial charge >= 0.3 is 0 Å². The molecule has 1 fully saturated rings. The second kappa shape index (κ2) is 7.66. The van der Waals surface area contributed by atoms with E-state index in [1.54, 1.807) is 7.11 Å². The van der Waals surface area contributed by atoms with Gasteiger partial charge in [0.15, 0.2) is 5.66 Å². The number of amides is 1. The van der Waals surface area contributed by atoms with Gasteiger partial charge in [-0.3, -0.25) is 4.79 Å². The summed E-state index contributed by atoms with van der Waals surface area (Å²) in [5.41, 5.74) is 0.747. The van der Waals surface area contributed by atoms with Crippen molar-refractivity contribution in [3.63, 3.8) is 0 Å². The summed E-state index contributed by atoms with van der Waals surface area (Å²) < 4.78 is 5.29. The van der Waals surface area contributed by atoms with Gasteiger partial charge in [0.2, 0.25) is 5.91 Å². The normalized spacial score (nSPS) is 20.8. The number of terminal acetylenes is 1. The summed E-state index contributed by atoms with van der Waals surface area (Å²) in [7, 11) is 1.66. The van der Waals surface area contributed by atoms with Crippen molar-refractivity contribution in [3.8, 4) is 18.1 Å². The standard InChI is InChI=1S/C19H24N4O2/c1-3-4-9-19(21-22-19)10-8-18(24)23-12-11-20-17(14-23)15-6-5-7-16(13-15)25-2/h1,5-7,13,17,20H,4,8-12,14H2,2H3. The molecule has 1 unspecified atom stereocenters. The third-order valence-electron chi connectivity index (χ3n) is 4.82. The molecule has 1 N–H and O–H groups in total. The predicted octanol–water partition coefficient (Wildman–Crippen LogP) is 2.52. The molecular weight excluding hydrogens is 316 g/mol. The zero-order valence-electron chi connectivity index (χ0n) is 14.6. The third kappa shape index (κ3) is 4.37. The first kappa shape index (κ1) is 17.4. The first-order valence-electron chi connectivity index (χ1n) is 8.68. The molecule has 0 spiro atoms. The molecule has 3 rings (SSSR count). The van der Waals surface area contributed by atoms with Crippen LogP contribution in [0.3, 0.4) is 0 Å². The molecule has 1 amide bonds. The number of benzene rings is 1. The Kier molecular flexibility index (Phi) is 5.34. The lowest BCUT2D eigenvalue weighted by Crippen LogP contribution is -2.48. The number of methoxy groups -OCH3 is 1. The van der Waals surface area contributed by atoms with Crippen molar-refractivity contribution in [2.45, 2.75) is 37.4 Å². The van der Waals surface area contributed by atoms with Crippen LogP contribution in [0.4, 0.5) is 0 Å². The summed E-state index contributed by atoms with van der Waals surface area (Å²) >= 11 is 0. The SMILES string of the molecule is C#CCCC1(CCC(=O)N2CCNC(c3cccc(OC)c3)C2)N=N1. The van der Waals surface area contributed by atoms with Gasteiger partial charge in [-0.2, -0.15) is 10.2 Å². The Labute approximate surface area is 148 Å². The summed E-state index contributed by atoms with van der Waals surface area (Å²) in [6.07, 6.45) is 7.80. The van der Waals surface area contributed by atoms with E-state index in [-0.39, 0.29) is 17.6 Å². The number of carbonyl (C=O) groups is 1. The zero-order valence-corrected chi connectivity index (χ0v) is 14.6. The van der Waals surface area contributed by atoms with Gasteiger partial charge in [0.25, 0.3) is 0 Å². The van der Waals surface area contributed by atoms with E-state index in [4.69, 9.17) is 11.2 Å². The molecule has 0 aromatic heterocycles. The fourth-order valence-electron chi connectivity index (χ4n) is 3.19. The number of nitrogens with zero attached hydrogens (tertiary/aromatic N) is 3. The Morgan fingerprint density at radius 3 is 3.04 bits per heavy atom. The van der Waals surface area contributed by atoms with E-state index < -0.39 is 0 Å². The number of carbonyl (C=O) groups excluding carboxylic acids is 1.